The van der Waals surface area contributed by atoms with Crippen molar-refractivity contribution in [3.8, 4) is 11.6 Å². The summed E-state index contributed by atoms with van der Waals surface area (Å²) in [5.41, 5.74) is 4.14. The highest BCUT2D eigenvalue weighted by molar-refractivity contribution is 5.73. The van der Waals surface area contributed by atoms with Gasteiger partial charge in [0.25, 0.3) is 0 Å². The maximum absolute atomic E-state index is 5.85. The van der Waals surface area contributed by atoms with Crippen LogP contribution in [0.4, 0.5) is 11.4 Å². The molecule has 4 rings (SSSR count). The number of ether oxygens (including phenoxy) is 2. The molecule has 1 aromatic heterocycles. The first kappa shape index (κ1) is 17.0. The molecular weight excluding hydrogens is 326 g/mol. The maximum atomic E-state index is 5.85. The van der Waals surface area contributed by atoms with Gasteiger partial charge in [0.2, 0.25) is 5.88 Å². The Balaban J connectivity index is 1.41. The molecule has 1 fully saturated rings. The summed E-state index contributed by atoms with van der Waals surface area (Å²) in [5, 5.41) is 0. The zero-order chi connectivity index (χ0) is 17.9. The second kappa shape index (κ2) is 7.44. The molecule has 0 spiro atoms. The van der Waals surface area contributed by atoms with Crippen LogP contribution < -0.4 is 19.3 Å². The number of benzene rings is 1. The summed E-state index contributed by atoms with van der Waals surface area (Å²) in [5.74, 6) is 2.27. The van der Waals surface area contributed by atoms with E-state index in [0.29, 0.717) is 5.92 Å². The van der Waals surface area contributed by atoms with E-state index >= 15 is 0 Å². The summed E-state index contributed by atoms with van der Waals surface area (Å²) in [4.78, 5) is 9.09. The molecule has 0 unspecified atom stereocenters. The molecule has 138 valence electrons. The smallest absolute Gasteiger partial charge is 0.213 e. The summed E-state index contributed by atoms with van der Waals surface area (Å²) >= 11 is 0. The topological polar surface area (TPSA) is 37.8 Å². The highest BCUT2D eigenvalue weighted by Crippen LogP contribution is 2.40. The van der Waals surface area contributed by atoms with Crippen LogP contribution in [0.5, 0.6) is 11.6 Å². The average Bonchev–Trinajstić information content (AvgIpc) is 3.08. The van der Waals surface area contributed by atoms with Crippen molar-refractivity contribution in [3.05, 3.63) is 42.1 Å². The molecule has 0 saturated carbocycles. The average molecular weight is 353 g/mol. The zero-order valence-electron chi connectivity index (χ0n) is 15.6. The number of hydrogen-bond donors (Lipinski definition) is 0. The molecule has 0 bridgehead atoms. The number of likely N-dealkylation sites (N-methyl/N-ethyl adjacent to an activating group) is 1. The summed E-state index contributed by atoms with van der Waals surface area (Å²) in [6.45, 7) is 3.98. The molecule has 3 heterocycles. The van der Waals surface area contributed by atoms with Crippen LogP contribution in [0.1, 0.15) is 18.4 Å². The van der Waals surface area contributed by atoms with Crippen molar-refractivity contribution in [1.82, 2.24) is 4.98 Å². The van der Waals surface area contributed by atoms with Gasteiger partial charge in [0, 0.05) is 68.0 Å². The molecule has 0 radical (unpaired) electrons. The van der Waals surface area contributed by atoms with Crippen molar-refractivity contribution in [1.29, 1.82) is 0 Å². The number of rotatable bonds is 5. The lowest BCUT2D eigenvalue weighted by molar-refractivity contribution is 0.216. The van der Waals surface area contributed by atoms with E-state index in [2.05, 4.69) is 34.0 Å². The van der Waals surface area contributed by atoms with Gasteiger partial charge in [0.05, 0.1) is 13.7 Å². The van der Waals surface area contributed by atoms with Gasteiger partial charge in [-0.2, -0.15) is 0 Å². The Bertz CT molecular complexity index is 742. The van der Waals surface area contributed by atoms with E-state index in [9.17, 15) is 0 Å². The first-order valence-corrected chi connectivity index (χ1v) is 9.45. The van der Waals surface area contributed by atoms with E-state index in [0.717, 1.165) is 57.1 Å². The van der Waals surface area contributed by atoms with Gasteiger partial charge in [-0.1, -0.05) is 6.07 Å². The fourth-order valence-corrected chi connectivity index (χ4v) is 3.99. The molecule has 2 aliphatic rings. The van der Waals surface area contributed by atoms with E-state index in [1.807, 2.05) is 18.2 Å². The number of aromatic nitrogens is 1. The maximum Gasteiger partial charge on any atom is 0.213 e. The van der Waals surface area contributed by atoms with Crippen molar-refractivity contribution in [3.63, 3.8) is 0 Å². The van der Waals surface area contributed by atoms with E-state index < -0.39 is 0 Å². The second-order valence-electron chi connectivity index (χ2n) is 7.23. The van der Waals surface area contributed by atoms with Crippen LogP contribution >= 0.6 is 0 Å². The van der Waals surface area contributed by atoms with Gasteiger partial charge < -0.3 is 19.3 Å². The molecule has 0 atom stereocenters. The van der Waals surface area contributed by atoms with Crippen LogP contribution in [0.25, 0.3) is 0 Å². The summed E-state index contributed by atoms with van der Waals surface area (Å²) in [7, 11) is 3.91. The minimum absolute atomic E-state index is 0.592. The predicted molar refractivity (Wildman–Crippen MR) is 105 cm³/mol. The molecule has 1 saturated heterocycles. The van der Waals surface area contributed by atoms with Crippen LogP contribution in [0.3, 0.4) is 0 Å². The van der Waals surface area contributed by atoms with E-state index in [4.69, 9.17) is 9.47 Å². The second-order valence-corrected chi connectivity index (χ2v) is 7.23. The third-order valence-electron chi connectivity index (χ3n) is 5.58. The molecule has 0 aliphatic carbocycles. The summed E-state index contributed by atoms with van der Waals surface area (Å²) in [6.07, 6.45) is 5.19. The minimum Gasteiger partial charge on any atom is -0.497 e. The Morgan fingerprint density at radius 2 is 1.92 bits per heavy atom. The molecule has 0 amide bonds. The zero-order valence-corrected chi connectivity index (χ0v) is 15.6. The summed E-state index contributed by atoms with van der Waals surface area (Å²) < 4.78 is 11.4. The van der Waals surface area contributed by atoms with Gasteiger partial charge in [-0.15, -0.1) is 0 Å². The van der Waals surface area contributed by atoms with Crippen LogP contribution in [0.2, 0.25) is 0 Å². The number of methoxy groups -OCH3 is 1. The minimum atomic E-state index is 0.592. The van der Waals surface area contributed by atoms with Gasteiger partial charge in [0.1, 0.15) is 5.75 Å². The number of hydrogen-bond acceptors (Lipinski definition) is 5. The lowest BCUT2D eigenvalue weighted by Gasteiger charge is -2.35. The van der Waals surface area contributed by atoms with Crippen LogP contribution in [-0.4, -0.2) is 45.4 Å². The largest absolute Gasteiger partial charge is 0.497 e. The van der Waals surface area contributed by atoms with E-state index in [1.54, 1.807) is 13.3 Å². The molecule has 1 aromatic carbocycles. The fourth-order valence-electron chi connectivity index (χ4n) is 3.99. The molecular formula is C21H27N3O2. The molecule has 26 heavy (non-hydrogen) atoms. The van der Waals surface area contributed by atoms with Crippen molar-refractivity contribution in [2.75, 3.05) is 50.2 Å². The van der Waals surface area contributed by atoms with Crippen molar-refractivity contribution in [2.24, 2.45) is 5.92 Å². The highest BCUT2D eigenvalue weighted by Gasteiger charge is 2.26. The quantitative estimate of drug-likeness (QED) is 0.824. The van der Waals surface area contributed by atoms with Gasteiger partial charge in [0.15, 0.2) is 0 Å². The standard InChI is InChI=1S/C21H27N3O2/c1-23-10-8-18-19(23)13-17(25-2)14-20(18)24-11-6-16(7-12-24)15-26-21-5-3-4-9-22-21/h3-5,9,13-14,16H,6-8,10-12,15H2,1-2H3. The SMILES string of the molecule is COc1cc2c(c(N3CCC(COc4ccccn4)CC3)c1)CCN2C. The number of fused-ring (bicyclic) bond motifs is 1. The third-order valence-corrected chi connectivity index (χ3v) is 5.58. The fraction of sp³-hybridized carbons (Fsp3) is 0.476. The Hall–Kier alpha value is -2.43. The normalized spacial score (nSPS) is 17.3. The Morgan fingerprint density at radius 1 is 1.12 bits per heavy atom. The monoisotopic (exact) mass is 353 g/mol. The van der Waals surface area contributed by atoms with Gasteiger partial charge in [-0.25, -0.2) is 4.98 Å². The van der Waals surface area contributed by atoms with Gasteiger partial charge in [-0.05, 0) is 31.2 Å². The van der Waals surface area contributed by atoms with E-state index in [1.165, 1.54) is 16.9 Å². The number of pyridine rings is 1. The third kappa shape index (κ3) is 3.43. The molecule has 0 N–H and O–H groups in total. The Morgan fingerprint density at radius 3 is 2.65 bits per heavy atom. The molecule has 5 heteroatoms. The highest BCUT2D eigenvalue weighted by atomic mass is 16.5. The van der Waals surface area contributed by atoms with Crippen LogP contribution in [0, 0.1) is 5.92 Å². The number of anilines is 2. The van der Waals surface area contributed by atoms with E-state index in [-0.39, 0.29) is 0 Å². The predicted octanol–water partition coefficient (Wildman–Crippen LogP) is 3.38. The van der Waals surface area contributed by atoms with Gasteiger partial charge >= 0.3 is 0 Å². The van der Waals surface area contributed by atoms with Crippen molar-refractivity contribution < 1.29 is 9.47 Å². The molecule has 2 aromatic rings. The van der Waals surface area contributed by atoms with Crippen LogP contribution in [-0.2, 0) is 6.42 Å². The van der Waals surface area contributed by atoms with Crippen molar-refractivity contribution in [2.45, 2.75) is 19.3 Å². The lowest BCUT2D eigenvalue weighted by Crippen LogP contribution is -2.36. The summed E-state index contributed by atoms with van der Waals surface area (Å²) in [6, 6.07) is 10.2. The first-order valence-electron chi connectivity index (χ1n) is 9.45. The van der Waals surface area contributed by atoms with Crippen LogP contribution in [0.15, 0.2) is 36.5 Å². The Kier molecular flexibility index (Phi) is 4.87. The van der Waals surface area contributed by atoms with Gasteiger partial charge in [-0.3, -0.25) is 0 Å². The molecule has 5 nitrogen and oxygen atoms in total. The lowest BCUT2D eigenvalue weighted by atomic mass is 9.96. The van der Waals surface area contributed by atoms with Crippen molar-refractivity contribution >= 4 is 11.4 Å². The first-order chi connectivity index (χ1) is 12.7. The Labute approximate surface area is 155 Å². The molecule has 2 aliphatic heterocycles. The number of nitrogens with zero attached hydrogens (tertiary/aromatic N) is 3. The number of piperidine rings is 1.